The molecule has 0 spiro atoms. The van der Waals surface area contributed by atoms with Crippen LogP contribution in [0, 0.1) is 6.92 Å². The molecule has 1 amide bonds. The number of H-pyrrole nitrogens is 1. The summed E-state index contributed by atoms with van der Waals surface area (Å²) in [6.45, 7) is 2.82. The number of aryl methyl sites for hydroxylation is 2. The minimum atomic E-state index is -0.477. The Bertz CT molecular complexity index is 635. The number of amides is 1. The molecule has 0 saturated carbocycles. The molecule has 21 heavy (non-hydrogen) atoms. The van der Waals surface area contributed by atoms with Gasteiger partial charge in [0, 0.05) is 12.2 Å². The fourth-order valence-electron chi connectivity index (χ4n) is 2.04. The summed E-state index contributed by atoms with van der Waals surface area (Å²) in [5.41, 5.74) is 14.1. The monoisotopic (exact) mass is 325 g/mol. The summed E-state index contributed by atoms with van der Waals surface area (Å²) in [4.78, 5) is 12.7. The van der Waals surface area contributed by atoms with Crippen LogP contribution in [0.25, 0.3) is 0 Å². The Morgan fingerprint density at radius 3 is 2.90 bits per heavy atom. The Balaban J connectivity index is 1.95. The molecule has 0 aliphatic carbocycles. The smallest absolute Gasteiger partial charge is 0.261 e. The van der Waals surface area contributed by atoms with Gasteiger partial charge >= 0.3 is 0 Å². The van der Waals surface area contributed by atoms with Crippen molar-refractivity contribution in [1.82, 2.24) is 10.2 Å². The van der Waals surface area contributed by atoms with Crippen molar-refractivity contribution in [2.24, 2.45) is 5.73 Å². The van der Waals surface area contributed by atoms with E-state index in [0.29, 0.717) is 10.6 Å². The van der Waals surface area contributed by atoms with Crippen LogP contribution < -0.4 is 16.8 Å². The summed E-state index contributed by atoms with van der Waals surface area (Å²) in [7, 11) is 0. The summed E-state index contributed by atoms with van der Waals surface area (Å²) in [6.07, 6.45) is 5.71. The lowest BCUT2D eigenvalue weighted by atomic mass is 10.1. The molecular weight excluding hydrogens is 306 g/mol. The minimum absolute atomic E-state index is 0.424. The van der Waals surface area contributed by atoms with E-state index in [1.165, 1.54) is 28.7 Å². The molecule has 8 heteroatoms. The maximum absolute atomic E-state index is 11.3. The van der Waals surface area contributed by atoms with Crippen LogP contribution >= 0.6 is 23.1 Å². The molecule has 0 unspecified atom stereocenters. The topological polar surface area (TPSA) is 110 Å². The Hall–Kier alpha value is -1.67. The van der Waals surface area contributed by atoms with E-state index in [4.69, 9.17) is 11.5 Å². The van der Waals surface area contributed by atoms with Gasteiger partial charge in [0.2, 0.25) is 0 Å². The summed E-state index contributed by atoms with van der Waals surface area (Å²) >= 11 is 2.84. The molecule has 0 aromatic carbocycles. The Morgan fingerprint density at radius 2 is 2.33 bits per heavy atom. The van der Waals surface area contributed by atoms with Gasteiger partial charge < -0.3 is 16.8 Å². The Morgan fingerprint density at radius 1 is 1.57 bits per heavy atom. The van der Waals surface area contributed by atoms with Crippen molar-refractivity contribution in [3.8, 4) is 0 Å². The standard InChI is InChI=1S/C13H19N5OS2/c1-7-8(6-17-18-7)4-3-5-16-13-11(20-2)9(14)10(21-13)12(15)19/h6,16H,3-5,14H2,1-2H3,(H2,15,19)(H,17,18). The molecule has 0 fully saturated rings. The van der Waals surface area contributed by atoms with Crippen molar-refractivity contribution < 1.29 is 4.79 Å². The second kappa shape index (κ2) is 6.86. The zero-order valence-electron chi connectivity index (χ0n) is 12.0. The highest BCUT2D eigenvalue weighted by Crippen LogP contribution is 2.41. The summed E-state index contributed by atoms with van der Waals surface area (Å²) < 4.78 is 0. The molecule has 0 aliphatic rings. The van der Waals surface area contributed by atoms with Gasteiger partial charge in [0.1, 0.15) is 9.88 Å². The SMILES string of the molecule is CSc1c(NCCCc2cn[nH]c2C)sc(C(N)=O)c1N. The predicted octanol–water partition coefficient (Wildman–Crippen LogP) is 2.23. The van der Waals surface area contributed by atoms with Gasteiger partial charge in [-0.25, -0.2) is 0 Å². The number of aromatic nitrogens is 2. The van der Waals surface area contributed by atoms with E-state index < -0.39 is 5.91 Å². The van der Waals surface area contributed by atoms with Crippen LogP contribution in [0.4, 0.5) is 10.7 Å². The molecule has 2 heterocycles. The second-order valence-electron chi connectivity index (χ2n) is 4.62. The Kier molecular flexibility index (Phi) is 5.13. The highest BCUT2D eigenvalue weighted by atomic mass is 32.2. The Labute approximate surface area is 131 Å². The largest absolute Gasteiger partial charge is 0.396 e. The van der Waals surface area contributed by atoms with Gasteiger partial charge in [-0.05, 0) is 31.6 Å². The van der Waals surface area contributed by atoms with E-state index in [-0.39, 0.29) is 0 Å². The van der Waals surface area contributed by atoms with E-state index >= 15 is 0 Å². The molecule has 2 rings (SSSR count). The average Bonchev–Trinajstić information content (AvgIpc) is 2.98. The molecule has 0 bridgehead atoms. The lowest BCUT2D eigenvalue weighted by Crippen LogP contribution is -2.10. The lowest BCUT2D eigenvalue weighted by molar-refractivity contribution is 0.100. The molecule has 0 atom stereocenters. The molecule has 6 N–H and O–H groups in total. The normalized spacial score (nSPS) is 10.8. The van der Waals surface area contributed by atoms with E-state index in [2.05, 4.69) is 15.5 Å². The summed E-state index contributed by atoms with van der Waals surface area (Å²) in [5, 5.41) is 11.2. The van der Waals surface area contributed by atoms with Crippen molar-refractivity contribution in [3.05, 3.63) is 22.3 Å². The van der Waals surface area contributed by atoms with E-state index in [1.807, 2.05) is 19.4 Å². The molecule has 0 radical (unpaired) electrons. The molecule has 6 nitrogen and oxygen atoms in total. The fourth-order valence-corrected chi connectivity index (χ4v) is 3.95. The molecule has 0 aliphatic heterocycles. The van der Waals surface area contributed by atoms with Crippen molar-refractivity contribution in [2.75, 3.05) is 23.9 Å². The fraction of sp³-hybridized carbons (Fsp3) is 0.385. The van der Waals surface area contributed by atoms with Gasteiger partial charge in [0.15, 0.2) is 0 Å². The number of carbonyl (C=O) groups is 1. The zero-order chi connectivity index (χ0) is 15.4. The number of nitrogen functional groups attached to an aromatic ring is 1. The minimum Gasteiger partial charge on any atom is -0.396 e. The third-order valence-electron chi connectivity index (χ3n) is 3.17. The lowest BCUT2D eigenvalue weighted by Gasteiger charge is -2.06. The van der Waals surface area contributed by atoms with Crippen LogP contribution in [-0.4, -0.2) is 28.9 Å². The second-order valence-corrected chi connectivity index (χ2v) is 6.46. The van der Waals surface area contributed by atoms with Gasteiger partial charge in [-0.1, -0.05) is 0 Å². The quantitative estimate of drug-likeness (QED) is 0.461. The van der Waals surface area contributed by atoms with E-state index in [0.717, 1.165) is 35.0 Å². The van der Waals surface area contributed by atoms with Crippen LogP contribution in [0.2, 0.25) is 0 Å². The van der Waals surface area contributed by atoms with Crippen LogP contribution in [0.1, 0.15) is 27.3 Å². The number of hydrogen-bond donors (Lipinski definition) is 4. The number of primary amides is 1. The van der Waals surface area contributed by atoms with Gasteiger partial charge in [-0.15, -0.1) is 23.1 Å². The third-order valence-corrected chi connectivity index (χ3v) is 5.31. The molecule has 2 aromatic heterocycles. The number of carbonyl (C=O) groups excluding carboxylic acids is 1. The van der Waals surface area contributed by atoms with Crippen LogP contribution in [0.5, 0.6) is 0 Å². The average molecular weight is 325 g/mol. The first kappa shape index (κ1) is 15.7. The van der Waals surface area contributed by atoms with Gasteiger partial charge in [0.25, 0.3) is 5.91 Å². The number of nitrogens with two attached hydrogens (primary N) is 2. The predicted molar refractivity (Wildman–Crippen MR) is 89.2 cm³/mol. The molecule has 114 valence electrons. The number of nitrogens with zero attached hydrogens (tertiary/aromatic N) is 1. The third kappa shape index (κ3) is 3.51. The van der Waals surface area contributed by atoms with Crippen molar-refractivity contribution in [2.45, 2.75) is 24.7 Å². The van der Waals surface area contributed by atoms with E-state index in [9.17, 15) is 4.79 Å². The molecule has 2 aromatic rings. The maximum atomic E-state index is 11.3. The van der Waals surface area contributed by atoms with Crippen LogP contribution in [0.3, 0.4) is 0 Å². The number of aromatic amines is 1. The maximum Gasteiger partial charge on any atom is 0.261 e. The van der Waals surface area contributed by atoms with Crippen LogP contribution in [-0.2, 0) is 6.42 Å². The van der Waals surface area contributed by atoms with Crippen molar-refractivity contribution in [3.63, 3.8) is 0 Å². The number of rotatable bonds is 7. The number of anilines is 2. The van der Waals surface area contributed by atoms with Gasteiger partial charge in [-0.2, -0.15) is 5.10 Å². The highest BCUT2D eigenvalue weighted by Gasteiger charge is 2.18. The van der Waals surface area contributed by atoms with Gasteiger partial charge in [-0.3, -0.25) is 9.89 Å². The van der Waals surface area contributed by atoms with Crippen molar-refractivity contribution in [1.29, 1.82) is 0 Å². The van der Waals surface area contributed by atoms with Crippen molar-refractivity contribution >= 4 is 39.7 Å². The first-order valence-electron chi connectivity index (χ1n) is 6.53. The van der Waals surface area contributed by atoms with Gasteiger partial charge in [0.05, 0.1) is 16.8 Å². The number of thiophene rings is 1. The summed E-state index contributed by atoms with van der Waals surface area (Å²) in [5.74, 6) is -0.477. The summed E-state index contributed by atoms with van der Waals surface area (Å²) in [6, 6.07) is 0. The first-order valence-corrected chi connectivity index (χ1v) is 8.57. The molecular formula is C13H19N5OS2. The highest BCUT2D eigenvalue weighted by molar-refractivity contribution is 7.99. The van der Waals surface area contributed by atoms with E-state index in [1.54, 1.807) is 0 Å². The zero-order valence-corrected chi connectivity index (χ0v) is 13.7. The van der Waals surface area contributed by atoms with Crippen LogP contribution in [0.15, 0.2) is 11.1 Å². The number of hydrogen-bond acceptors (Lipinski definition) is 6. The number of thioether (sulfide) groups is 1. The molecule has 0 saturated heterocycles. The number of nitrogens with one attached hydrogen (secondary N) is 2. The first-order chi connectivity index (χ1) is 10.0.